The Hall–Kier alpha value is -3.03. The zero-order valence-electron chi connectivity index (χ0n) is 15.4. The number of imidazole rings is 1. The highest BCUT2D eigenvalue weighted by atomic mass is 35.5. The van der Waals surface area contributed by atoms with Crippen molar-refractivity contribution in [3.63, 3.8) is 0 Å². The van der Waals surface area contributed by atoms with Gasteiger partial charge in [0.15, 0.2) is 0 Å². The van der Waals surface area contributed by atoms with Crippen molar-refractivity contribution in [3.8, 4) is 22.6 Å². The van der Waals surface area contributed by atoms with Crippen molar-refractivity contribution in [1.29, 1.82) is 0 Å². The van der Waals surface area contributed by atoms with E-state index in [1.807, 2.05) is 16.7 Å². The Balaban J connectivity index is 0.00000225. The minimum atomic E-state index is -0.284. The number of nitrogen functional groups attached to an aromatic ring is 1. The molecule has 0 saturated heterocycles. The molecule has 0 aliphatic heterocycles. The quantitative estimate of drug-likeness (QED) is 0.497. The van der Waals surface area contributed by atoms with Gasteiger partial charge in [-0.25, -0.2) is 14.4 Å². The van der Waals surface area contributed by atoms with Crippen LogP contribution in [0, 0.1) is 5.82 Å². The molecule has 4 rings (SSSR count). The summed E-state index contributed by atoms with van der Waals surface area (Å²) in [6.07, 6.45) is 4.25. The number of halogens is 2. The van der Waals surface area contributed by atoms with Crippen LogP contribution in [-0.4, -0.2) is 19.5 Å². The molecule has 4 aromatic rings. The Bertz CT molecular complexity index is 1120. The first kappa shape index (κ1) is 19.7. The van der Waals surface area contributed by atoms with Crippen LogP contribution in [0.1, 0.15) is 13.3 Å². The van der Waals surface area contributed by atoms with Crippen LogP contribution in [0.2, 0.25) is 5.02 Å². The molecule has 0 bridgehead atoms. The van der Waals surface area contributed by atoms with Crippen molar-refractivity contribution in [3.05, 3.63) is 59.6 Å². The molecular formula is C20H20ClFN6. The van der Waals surface area contributed by atoms with Crippen LogP contribution in [0.5, 0.6) is 0 Å². The van der Waals surface area contributed by atoms with Gasteiger partial charge in [-0.1, -0.05) is 18.5 Å². The first-order chi connectivity index (χ1) is 13.1. The third-order valence-corrected chi connectivity index (χ3v) is 4.60. The van der Waals surface area contributed by atoms with Crippen LogP contribution in [0.4, 0.5) is 10.2 Å². The molecule has 0 saturated carbocycles. The van der Waals surface area contributed by atoms with Gasteiger partial charge in [0.2, 0.25) is 0 Å². The molecule has 0 fully saturated rings. The van der Waals surface area contributed by atoms with Gasteiger partial charge >= 0.3 is 0 Å². The van der Waals surface area contributed by atoms with Crippen molar-refractivity contribution in [2.24, 2.45) is 0 Å². The number of anilines is 1. The largest absolute Gasteiger partial charge is 0.384 e. The third-order valence-electron chi connectivity index (χ3n) is 4.32. The minimum absolute atomic E-state index is 0. The molecule has 0 spiro atoms. The molecule has 8 heteroatoms. The molecule has 0 atom stereocenters. The summed E-state index contributed by atoms with van der Waals surface area (Å²) in [5.74, 6) is 0.870. The van der Waals surface area contributed by atoms with Gasteiger partial charge < -0.3 is 16.5 Å². The Morgan fingerprint density at radius 3 is 2.54 bits per heavy atom. The topological polar surface area (TPSA) is 105 Å². The average Bonchev–Trinajstić information content (AvgIpc) is 3.01. The molecule has 28 heavy (non-hydrogen) atoms. The number of benzene rings is 1. The molecule has 0 amide bonds. The summed E-state index contributed by atoms with van der Waals surface area (Å²) < 4.78 is 15.7. The maximum atomic E-state index is 13.7. The minimum Gasteiger partial charge on any atom is -0.384 e. The summed E-state index contributed by atoms with van der Waals surface area (Å²) in [4.78, 5) is 13.2. The standard InChI is InChI=1S/C20H17ClFN5.H3N/c1-2-7-27-17-9-14(22)4-5-16(17)26-20(27)13-8-15(21)19(25-11-13)12-3-6-18(23)24-10-12;/h3-6,8-11H,2,7H2,1H3,(H2,23,24);1H3. The van der Waals surface area contributed by atoms with E-state index in [0.29, 0.717) is 22.4 Å². The van der Waals surface area contributed by atoms with Crippen molar-refractivity contribution >= 4 is 28.5 Å². The fourth-order valence-electron chi connectivity index (χ4n) is 3.08. The predicted molar refractivity (Wildman–Crippen MR) is 111 cm³/mol. The second-order valence-electron chi connectivity index (χ2n) is 6.25. The lowest BCUT2D eigenvalue weighted by atomic mass is 10.1. The van der Waals surface area contributed by atoms with E-state index < -0.39 is 0 Å². The molecular weight excluding hydrogens is 379 g/mol. The zero-order valence-corrected chi connectivity index (χ0v) is 16.1. The van der Waals surface area contributed by atoms with Gasteiger partial charge in [-0.15, -0.1) is 0 Å². The first-order valence-electron chi connectivity index (χ1n) is 8.60. The van der Waals surface area contributed by atoms with E-state index >= 15 is 0 Å². The van der Waals surface area contributed by atoms with Gasteiger partial charge in [0, 0.05) is 30.1 Å². The number of rotatable bonds is 4. The number of nitrogens with two attached hydrogens (primary N) is 1. The lowest BCUT2D eigenvalue weighted by molar-refractivity contribution is 0.627. The number of aryl methyl sites for hydroxylation is 1. The molecule has 5 N–H and O–H groups in total. The van der Waals surface area contributed by atoms with Crippen molar-refractivity contribution < 1.29 is 4.39 Å². The number of nitrogens with zero attached hydrogens (tertiary/aromatic N) is 4. The van der Waals surface area contributed by atoms with Crippen LogP contribution in [-0.2, 0) is 6.54 Å². The molecule has 144 valence electrons. The predicted octanol–water partition coefficient (Wildman–Crippen LogP) is 5.11. The highest BCUT2D eigenvalue weighted by Gasteiger charge is 2.15. The first-order valence-corrected chi connectivity index (χ1v) is 8.98. The van der Waals surface area contributed by atoms with Gasteiger partial charge in [0.1, 0.15) is 17.5 Å². The van der Waals surface area contributed by atoms with Crippen LogP contribution in [0.25, 0.3) is 33.7 Å². The SMILES string of the molecule is CCCn1c(-c2cnc(-c3ccc(N)nc3)c(Cl)c2)nc2ccc(F)cc21.N. The summed E-state index contributed by atoms with van der Waals surface area (Å²) in [6.45, 7) is 2.79. The van der Waals surface area contributed by atoms with Crippen molar-refractivity contribution in [1.82, 2.24) is 25.7 Å². The number of aromatic nitrogens is 4. The Morgan fingerprint density at radius 1 is 1.07 bits per heavy atom. The highest BCUT2D eigenvalue weighted by molar-refractivity contribution is 6.33. The summed E-state index contributed by atoms with van der Waals surface area (Å²) in [7, 11) is 0. The van der Waals surface area contributed by atoms with Crippen LogP contribution in [0.3, 0.4) is 0 Å². The Labute approximate surface area is 166 Å². The van der Waals surface area contributed by atoms with Crippen LogP contribution in [0.15, 0.2) is 48.8 Å². The van der Waals surface area contributed by atoms with Gasteiger partial charge in [0.05, 0.1) is 21.7 Å². The summed E-state index contributed by atoms with van der Waals surface area (Å²) in [5.41, 5.74) is 9.31. The van der Waals surface area contributed by atoms with E-state index in [1.54, 1.807) is 24.5 Å². The van der Waals surface area contributed by atoms with Gasteiger partial charge in [0.25, 0.3) is 0 Å². The fraction of sp³-hybridized carbons (Fsp3) is 0.150. The molecule has 0 aliphatic carbocycles. The fourth-order valence-corrected chi connectivity index (χ4v) is 3.36. The summed E-state index contributed by atoms with van der Waals surface area (Å²) in [5, 5.41) is 0.486. The lowest BCUT2D eigenvalue weighted by Crippen LogP contribution is -2.00. The normalized spacial score (nSPS) is 10.8. The number of hydrogen-bond donors (Lipinski definition) is 2. The number of pyridine rings is 2. The third kappa shape index (κ3) is 3.54. The lowest BCUT2D eigenvalue weighted by Gasteiger charge is -2.10. The van der Waals surface area contributed by atoms with Gasteiger partial charge in [-0.3, -0.25) is 4.98 Å². The molecule has 1 aromatic carbocycles. The van der Waals surface area contributed by atoms with Crippen LogP contribution < -0.4 is 11.9 Å². The van der Waals surface area contributed by atoms with E-state index in [4.69, 9.17) is 17.3 Å². The number of hydrogen-bond acceptors (Lipinski definition) is 5. The molecule has 6 nitrogen and oxygen atoms in total. The van der Waals surface area contributed by atoms with Crippen LogP contribution >= 0.6 is 11.6 Å². The van der Waals surface area contributed by atoms with E-state index in [0.717, 1.165) is 35.1 Å². The van der Waals surface area contributed by atoms with E-state index in [2.05, 4.69) is 21.9 Å². The van der Waals surface area contributed by atoms with Gasteiger partial charge in [-0.2, -0.15) is 0 Å². The Kier molecular flexibility index (Phi) is 5.58. The van der Waals surface area contributed by atoms with Crippen molar-refractivity contribution in [2.45, 2.75) is 19.9 Å². The average molecular weight is 399 g/mol. The van der Waals surface area contributed by atoms with Gasteiger partial charge in [-0.05, 0) is 42.8 Å². The maximum absolute atomic E-state index is 13.7. The highest BCUT2D eigenvalue weighted by Crippen LogP contribution is 2.31. The molecule has 0 aliphatic rings. The number of fused-ring (bicyclic) bond motifs is 1. The summed E-state index contributed by atoms with van der Waals surface area (Å²) >= 11 is 6.49. The molecule has 0 unspecified atom stereocenters. The second-order valence-corrected chi connectivity index (χ2v) is 6.65. The monoisotopic (exact) mass is 398 g/mol. The second kappa shape index (κ2) is 7.92. The molecule has 0 radical (unpaired) electrons. The van der Waals surface area contributed by atoms with E-state index in [-0.39, 0.29) is 12.0 Å². The van der Waals surface area contributed by atoms with E-state index in [9.17, 15) is 4.39 Å². The maximum Gasteiger partial charge on any atom is 0.142 e. The Morgan fingerprint density at radius 2 is 1.86 bits per heavy atom. The van der Waals surface area contributed by atoms with E-state index in [1.165, 1.54) is 12.1 Å². The molecule has 3 aromatic heterocycles. The molecule has 3 heterocycles. The summed E-state index contributed by atoms with van der Waals surface area (Å²) in [6, 6.07) is 9.96. The smallest absolute Gasteiger partial charge is 0.142 e. The van der Waals surface area contributed by atoms with Crippen molar-refractivity contribution in [2.75, 3.05) is 5.73 Å². The zero-order chi connectivity index (χ0) is 19.0.